The van der Waals surface area contributed by atoms with Crippen molar-refractivity contribution in [1.82, 2.24) is 10.6 Å². The second-order valence-electron chi connectivity index (χ2n) is 4.09. The van der Waals surface area contributed by atoms with Crippen molar-refractivity contribution in [2.75, 3.05) is 6.54 Å². The second kappa shape index (κ2) is 5.93. The van der Waals surface area contributed by atoms with E-state index in [1.807, 2.05) is 0 Å². The van der Waals surface area contributed by atoms with Gasteiger partial charge in [0.25, 0.3) is 0 Å². The van der Waals surface area contributed by atoms with Gasteiger partial charge in [-0.3, -0.25) is 5.32 Å². The van der Waals surface area contributed by atoms with Crippen LogP contribution in [-0.2, 0) is 6.16 Å². The van der Waals surface area contributed by atoms with Crippen LogP contribution in [-0.4, -0.2) is 12.7 Å². The minimum atomic E-state index is 0.0661. The van der Waals surface area contributed by atoms with Gasteiger partial charge in [0.2, 0.25) is 0 Å². The Kier molecular flexibility index (Phi) is 4.26. The Morgan fingerprint density at radius 2 is 2.19 bits per heavy atom. The van der Waals surface area contributed by atoms with Gasteiger partial charge in [-0.25, -0.2) is 0 Å². The standard InChI is InChI=1S/C13H19N2P/c1-12-6-4-7-13(15-12)14-8-5-11-16-9-2-3-10-16/h2-4,6-7,9-10,13-15H,5,8,11H2,1H3. The van der Waals surface area contributed by atoms with Crippen LogP contribution in [0.25, 0.3) is 0 Å². The zero-order valence-corrected chi connectivity index (χ0v) is 10.6. The first kappa shape index (κ1) is 11.5. The summed E-state index contributed by atoms with van der Waals surface area (Å²) in [4.78, 5) is 0. The Balaban J connectivity index is 1.62. The monoisotopic (exact) mass is 234 g/mol. The molecule has 0 aromatic carbocycles. The highest BCUT2D eigenvalue weighted by Crippen LogP contribution is 2.28. The van der Waals surface area contributed by atoms with Crippen LogP contribution in [0, 0.1) is 0 Å². The molecule has 0 fully saturated rings. The fourth-order valence-corrected chi connectivity index (χ4v) is 3.37. The third kappa shape index (κ3) is 3.55. The van der Waals surface area contributed by atoms with Crippen molar-refractivity contribution in [1.29, 1.82) is 0 Å². The van der Waals surface area contributed by atoms with Crippen LogP contribution in [0.5, 0.6) is 0 Å². The fraction of sp³-hybridized carbons (Fsp3) is 0.385. The summed E-state index contributed by atoms with van der Waals surface area (Å²) in [6, 6.07) is 4.33. The van der Waals surface area contributed by atoms with E-state index < -0.39 is 0 Å². The molecule has 1 aromatic heterocycles. The van der Waals surface area contributed by atoms with Gasteiger partial charge in [0.15, 0.2) is 0 Å². The number of dihydropyridines is 1. The molecule has 2 nitrogen and oxygen atoms in total. The van der Waals surface area contributed by atoms with E-state index in [0.29, 0.717) is 6.17 Å². The number of hydrogen-bond donors (Lipinski definition) is 2. The van der Waals surface area contributed by atoms with E-state index in [1.54, 1.807) is 0 Å². The third-order valence-electron chi connectivity index (χ3n) is 2.66. The number of allylic oxidation sites excluding steroid dienone is 3. The summed E-state index contributed by atoms with van der Waals surface area (Å²) in [6.07, 6.45) is 9.22. The minimum Gasteiger partial charge on any atom is -0.370 e. The summed E-state index contributed by atoms with van der Waals surface area (Å²) < 4.78 is 0. The first-order chi connectivity index (χ1) is 7.84. The zero-order valence-electron chi connectivity index (χ0n) is 9.69. The van der Waals surface area contributed by atoms with Crippen LogP contribution in [0.1, 0.15) is 13.3 Å². The van der Waals surface area contributed by atoms with Gasteiger partial charge in [-0.05, 0) is 49.8 Å². The predicted molar refractivity (Wildman–Crippen MR) is 71.6 cm³/mol. The molecule has 1 aliphatic rings. The molecule has 1 unspecified atom stereocenters. The van der Waals surface area contributed by atoms with Gasteiger partial charge in [0, 0.05) is 5.70 Å². The van der Waals surface area contributed by atoms with E-state index >= 15 is 0 Å². The summed E-state index contributed by atoms with van der Waals surface area (Å²) in [6.45, 7) is 3.17. The lowest BCUT2D eigenvalue weighted by molar-refractivity contribution is 0.526. The molecule has 0 saturated carbocycles. The maximum absolute atomic E-state index is 3.50. The summed E-state index contributed by atoms with van der Waals surface area (Å²) in [5, 5.41) is 6.88. The summed E-state index contributed by atoms with van der Waals surface area (Å²) >= 11 is 0. The molecule has 86 valence electrons. The fourth-order valence-electron chi connectivity index (χ4n) is 1.81. The van der Waals surface area contributed by atoms with Crippen molar-refractivity contribution < 1.29 is 0 Å². The molecular formula is C13H19N2P. The molecule has 2 rings (SSSR count). The first-order valence-electron chi connectivity index (χ1n) is 5.80. The van der Waals surface area contributed by atoms with E-state index in [9.17, 15) is 0 Å². The molecule has 3 heteroatoms. The molecular weight excluding hydrogens is 215 g/mol. The Morgan fingerprint density at radius 3 is 2.94 bits per heavy atom. The molecule has 0 radical (unpaired) electrons. The van der Waals surface area contributed by atoms with E-state index in [0.717, 1.165) is 6.54 Å². The number of aryl methyl sites for hydroxylation is 1. The van der Waals surface area contributed by atoms with Gasteiger partial charge in [-0.1, -0.05) is 18.2 Å². The molecule has 0 spiro atoms. The summed E-state index contributed by atoms with van der Waals surface area (Å²) in [7, 11) is 0.0661. The lowest BCUT2D eigenvalue weighted by atomic mass is 10.2. The summed E-state index contributed by atoms with van der Waals surface area (Å²) in [5.41, 5.74) is 1.23. The van der Waals surface area contributed by atoms with Crippen molar-refractivity contribution >= 4 is 7.53 Å². The Bertz CT molecular complexity index is 365. The number of nitrogens with one attached hydrogen (secondary N) is 2. The largest absolute Gasteiger partial charge is 0.370 e. The van der Waals surface area contributed by atoms with Crippen LogP contribution in [0.2, 0.25) is 0 Å². The van der Waals surface area contributed by atoms with Gasteiger partial charge in [-0.2, -0.15) is 0 Å². The van der Waals surface area contributed by atoms with Crippen LogP contribution in [0.15, 0.2) is 47.7 Å². The SMILES string of the molecule is CC1=CC=CC(NCCCp2cccc2)N1. The highest BCUT2D eigenvalue weighted by Gasteiger charge is 2.04. The average Bonchev–Trinajstić information content (AvgIpc) is 2.77. The molecule has 2 N–H and O–H groups in total. The molecule has 0 aliphatic carbocycles. The smallest absolute Gasteiger partial charge is 0.0961 e. The first-order valence-corrected chi connectivity index (χ1v) is 7.47. The van der Waals surface area contributed by atoms with Crippen LogP contribution in [0.4, 0.5) is 0 Å². The maximum Gasteiger partial charge on any atom is 0.0961 e. The topological polar surface area (TPSA) is 24.1 Å². The highest BCUT2D eigenvalue weighted by atomic mass is 31.1. The van der Waals surface area contributed by atoms with Crippen LogP contribution in [0.3, 0.4) is 0 Å². The maximum atomic E-state index is 3.50. The van der Waals surface area contributed by atoms with Crippen molar-refractivity contribution in [2.24, 2.45) is 0 Å². The average molecular weight is 234 g/mol. The summed E-state index contributed by atoms with van der Waals surface area (Å²) in [5.74, 6) is 4.67. The van der Waals surface area contributed by atoms with Gasteiger partial charge < -0.3 is 5.32 Å². The molecule has 0 amide bonds. The number of rotatable bonds is 5. The Labute approximate surface area is 98.5 Å². The van der Waals surface area contributed by atoms with E-state index in [2.05, 4.69) is 59.5 Å². The van der Waals surface area contributed by atoms with E-state index in [4.69, 9.17) is 0 Å². The Hall–Kier alpha value is -0.980. The van der Waals surface area contributed by atoms with E-state index in [-0.39, 0.29) is 7.53 Å². The number of hydrogen-bond acceptors (Lipinski definition) is 2. The third-order valence-corrected chi connectivity index (χ3v) is 4.60. The second-order valence-corrected chi connectivity index (χ2v) is 6.16. The molecule has 2 heterocycles. The molecule has 0 saturated heterocycles. The molecule has 1 atom stereocenters. The lowest BCUT2D eigenvalue weighted by Gasteiger charge is -2.20. The molecule has 1 aliphatic heterocycles. The van der Waals surface area contributed by atoms with Crippen LogP contribution < -0.4 is 10.6 Å². The molecule has 0 bridgehead atoms. The molecule has 16 heavy (non-hydrogen) atoms. The quantitative estimate of drug-likeness (QED) is 0.765. The zero-order chi connectivity index (χ0) is 11.2. The van der Waals surface area contributed by atoms with Gasteiger partial charge >= 0.3 is 0 Å². The lowest BCUT2D eigenvalue weighted by Crippen LogP contribution is -2.41. The van der Waals surface area contributed by atoms with Gasteiger partial charge in [0.05, 0.1) is 6.17 Å². The van der Waals surface area contributed by atoms with Gasteiger partial charge in [0.1, 0.15) is 0 Å². The van der Waals surface area contributed by atoms with E-state index in [1.165, 1.54) is 18.3 Å². The highest BCUT2D eigenvalue weighted by molar-refractivity contribution is 7.47. The van der Waals surface area contributed by atoms with Crippen molar-refractivity contribution in [3.05, 3.63) is 47.7 Å². The van der Waals surface area contributed by atoms with Crippen molar-refractivity contribution in [2.45, 2.75) is 25.7 Å². The van der Waals surface area contributed by atoms with Crippen molar-refractivity contribution in [3.8, 4) is 0 Å². The molecule has 1 aromatic rings. The van der Waals surface area contributed by atoms with Crippen LogP contribution >= 0.6 is 7.53 Å². The predicted octanol–water partition coefficient (Wildman–Crippen LogP) is 3.04. The minimum absolute atomic E-state index is 0.0661. The van der Waals surface area contributed by atoms with Crippen molar-refractivity contribution in [3.63, 3.8) is 0 Å². The Morgan fingerprint density at radius 1 is 1.38 bits per heavy atom. The normalized spacial score (nSPS) is 19.3. The van der Waals surface area contributed by atoms with Gasteiger partial charge in [-0.15, -0.1) is 7.53 Å².